The van der Waals surface area contributed by atoms with E-state index in [2.05, 4.69) is 6.92 Å². The minimum absolute atomic E-state index is 0.406. The molecular formula is C15H12ClNO. The van der Waals surface area contributed by atoms with Crippen LogP contribution in [0.5, 0.6) is 11.5 Å². The van der Waals surface area contributed by atoms with Gasteiger partial charge in [0.15, 0.2) is 0 Å². The third-order valence-electron chi connectivity index (χ3n) is 2.64. The van der Waals surface area contributed by atoms with E-state index >= 15 is 0 Å². The van der Waals surface area contributed by atoms with Crippen molar-refractivity contribution in [3.63, 3.8) is 0 Å². The number of nitriles is 1. The molecule has 0 fully saturated rings. The maximum absolute atomic E-state index is 8.81. The van der Waals surface area contributed by atoms with Crippen LogP contribution in [0.25, 0.3) is 0 Å². The molecule has 0 atom stereocenters. The highest BCUT2D eigenvalue weighted by Gasteiger charge is 2.05. The van der Waals surface area contributed by atoms with Crippen LogP contribution in [0.15, 0.2) is 42.5 Å². The number of benzene rings is 2. The third-order valence-corrected chi connectivity index (χ3v) is 2.96. The van der Waals surface area contributed by atoms with E-state index in [1.54, 1.807) is 18.2 Å². The fourth-order valence-electron chi connectivity index (χ4n) is 1.67. The maximum Gasteiger partial charge on any atom is 0.130 e. The van der Waals surface area contributed by atoms with Crippen LogP contribution in [-0.4, -0.2) is 0 Å². The van der Waals surface area contributed by atoms with Crippen molar-refractivity contribution in [3.05, 3.63) is 58.6 Å². The Morgan fingerprint density at radius 2 is 2.00 bits per heavy atom. The van der Waals surface area contributed by atoms with Gasteiger partial charge >= 0.3 is 0 Å². The van der Waals surface area contributed by atoms with Crippen LogP contribution < -0.4 is 4.74 Å². The van der Waals surface area contributed by atoms with E-state index in [0.717, 1.165) is 17.7 Å². The molecule has 0 unspecified atom stereocenters. The molecule has 0 aliphatic heterocycles. The summed E-state index contributed by atoms with van der Waals surface area (Å²) in [6.07, 6.45) is 0.903. The predicted molar refractivity (Wildman–Crippen MR) is 72.1 cm³/mol. The van der Waals surface area contributed by atoms with Gasteiger partial charge in [-0.1, -0.05) is 36.7 Å². The molecule has 0 saturated heterocycles. The molecule has 18 heavy (non-hydrogen) atoms. The Kier molecular flexibility index (Phi) is 3.86. The van der Waals surface area contributed by atoms with Gasteiger partial charge < -0.3 is 4.74 Å². The summed E-state index contributed by atoms with van der Waals surface area (Å²) in [5, 5.41) is 9.21. The van der Waals surface area contributed by atoms with Crippen molar-refractivity contribution in [2.24, 2.45) is 0 Å². The lowest BCUT2D eigenvalue weighted by Crippen LogP contribution is -1.90. The highest BCUT2D eigenvalue weighted by Crippen LogP contribution is 2.28. The van der Waals surface area contributed by atoms with Gasteiger partial charge in [-0.2, -0.15) is 5.26 Å². The first-order chi connectivity index (χ1) is 8.74. The summed E-state index contributed by atoms with van der Waals surface area (Å²) in [5.74, 6) is 1.46. The first-order valence-electron chi connectivity index (χ1n) is 5.70. The molecule has 0 bridgehead atoms. The molecule has 0 saturated carbocycles. The van der Waals surface area contributed by atoms with Gasteiger partial charge in [-0.3, -0.25) is 0 Å². The summed E-state index contributed by atoms with van der Waals surface area (Å²) in [6.45, 7) is 2.08. The number of hydrogen-bond acceptors (Lipinski definition) is 2. The molecule has 0 aliphatic carbocycles. The Balaban J connectivity index is 2.29. The molecule has 90 valence electrons. The summed E-state index contributed by atoms with van der Waals surface area (Å²) in [5.41, 5.74) is 1.59. The Hall–Kier alpha value is -1.98. The van der Waals surface area contributed by atoms with Crippen molar-refractivity contribution in [1.29, 1.82) is 5.26 Å². The summed E-state index contributed by atoms with van der Waals surface area (Å²) < 4.78 is 5.79. The van der Waals surface area contributed by atoms with Crippen LogP contribution in [0.1, 0.15) is 18.1 Å². The van der Waals surface area contributed by atoms with Crippen molar-refractivity contribution in [3.8, 4) is 17.6 Å². The van der Waals surface area contributed by atoms with E-state index in [-0.39, 0.29) is 0 Å². The van der Waals surface area contributed by atoms with Crippen LogP contribution in [0.4, 0.5) is 0 Å². The zero-order chi connectivity index (χ0) is 13.0. The van der Waals surface area contributed by atoms with Crippen molar-refractivity contribution >= 4 is 11.6 Å². The number of rotatable bonds is 3. The fourth-order valence-corrected chi connectivity index (χ4v) is 1.89. The quantitative estimate of drug-likeness (QED) is 0.807. The molecule has 0 aliphatic rings. The average molecular weight is 258 g/mol. The van der Waals surface area contributed by atoms with E-state index in [4.69, 9.17) is 21.6 Å². The van der Waals surface area contributed by atoms with Gasteiger partial charge in [-0.25, -0.2) is 0 Å². The third kappa shape index (κ3) is 2.64. The van der Waals surface area contributed by atoms with Crippen LogP contribution in [0, 0.1) is 11.3 Å². The van der Waals surface area contributed by atoms with Gasteiger partial charge in [0.05, 0.1) is 10.6 Å². The summed E-state index contributed by atoms with van der Waals surface area (Å²) >= 11 is 5.97. The highest BCUT2D eigenvalue weighted by molar-refractivity contribution is 6.31. The minimum atomic E-state index is 0.406. The standard InChI is InChI=1S/C15H12ClNO/c1-2-11-5-3-4-6-15(11)18-13-8-7-12(10-17)14(16)9-13/h3-9H,2H2,1H3. The Labute approximate surface area is 111 Å². The zero-order valence-electron chi connectivity index (χ0n) is 9.98. The molecule has 3 heteroatoms. The smallest absolute Gasteiger partial charge is 0.130 e. The van der Waals surface area contributed by atoms with Gasteiger partial charge in [-0.15, -0.1) is 0 Å². The lowest BCUT2D eigenvalue weighted by atomic mass is 10.1. The maximum atomic E-state index is 8.81. The van der Waals surface area contributed by atoms with E-state index in [1.165, 1.54) is 0 Å². The predicted octanol–water partition coefficient (Wildman–Crippen LogP) is 4.57. The average Bonchev–Trinajstić information content (AvgIpc) is 2.39. The van der Waals surface area contributed by atoms with Gasteiger partial charge in [0, 0.05) is 6.07 Å². The molecule has 2 aromatic carbocycles. The van der Waals surface area contributed by atoms with Crippen molar-refractivity contribution in [2.75, 3.05) is 0 Å². The van der Waals surface area contributed by atoms with E-state index in [0.29, 0.717) is 16.3 Å². The van der Waals surface area contributed by atoms with Gasteiger partial charge in [0.2, 0.25) is 0 Å². The highest BCUT2D eigenvalue weighted by atomic mass is 35.5. The number of aryl methyl sites for hydroxylation is 1. The van der Waals surface area contributed by atoms with Crippen LogP contribution in [0.3, 0.4) is 0 Å². The Bertz CT molecular complexity index is 602. The molecule has 2 nitrogen and oxygen atoms in total. The number of halogens is 1. The van der Waals surface area contributed by atoms with Crippen molar-refractivity contribution < 1.29 is 4.74 Å². The second kappa shape index (κ2) is 5.57. The number of ether oxygens (including phenoxy) is 1. The van der Waals surface area contributed by atoms with E-state index in [1.807, 2.05) is 30.3 Å². The second-order valence-corrected chi connectivity index (χ2v) is 4.22. The molecule has 0 N–H and O–H groups in total. The first kappa shape index (κ1) is 12.5. The Morgan fingerprint density at radius 1 is 1.22 bits per heavy atom. The molecule has 2 aromatic rings. The van der Waals surface area contributed by atoms with E-state index in [9.17, 15) is 0 Å². The number of para-hydroxylation sites is 1. The zero-order valence-corrected chi connectivity index (χ0v) is 10.7. The minimum Gasteiger partial charge on any atom is -0.457 e. The SMILES string of the molecule is CCc1ccccc1Oc1ccc(C#N)c(Cl)c1. The van der Waals surface area contributed by atoms with Crippen molar-refractivity contribution in [2.45, 2.75) is 13.3 Å². The van der Waals surface area contributed by atoms with E-state index < -0.39 is 0 Å². The normalized spacial score (nSPS) is 9.83. The second-order valence-electron chi connectivity index (χ2n) is 3.82. The molecule has 0 aromatic heterocycles. The van der Waals surface area contributed by atoms with Crippen molar-refractivity contribution in [1.82, 2.24) is 0 Å². The number of nitrogens with zero attached hydrogens (tertiary/aromatic N) is 1. The molecule has 0 radical (unpaired) electrons. The molecular weight excluding hydrogens is 246 g/mol. The molecule has 0 heterocycles. The molecule has 2 rings (SSSR count). The first-order valence-corrected chi connectivity index (χ1v) is 6.07. The topological polar surface area (TPSA) is 33.0 Å². The van der Waals surface area contributed by atoms with Crippen LogP contribution in [-0.2, 0) is 6.42 Å². The monoisotopic (exact) mass is 257 g/mol. The van der Waals surface area contributed by atoms with Gasteiger partial charge in [-0.05, 0) is 30.2 Å². The lowest BCUT2D eigenvalue weighted by molar-refractivity contribution is 0.477. The van der Waals surface area contributed by atoms with Gasteiger partial charge in [0.25, 0.3) is 0 Å². The number of hydrogen-bond donors (Lipinski definition) is 0. The Morgan fingerprint density at radius 3 is 2.67 bits per heavy atom. The molecule has 0 amide bonds. The van der Waals surface area contributed by atoms with Crippen LogP contribution >= 0.6 is 11.6 Å². The summed E-state index contributed by atoms with van der Waals surface area (Å²) in [4.78, 5) is 0. The van der Waals surface area contributed by atoms with Gasteiger partial charge in [0.1, 0.15) is 17.6 Å². The lowest BCUT2D eigenvalue weighted by Gasteiger charge is -2.10. The fraction of sp³-hybridized carbons (Fsp3) is 0.133. The largest absolute Gasteiger partial charge is 0.457 e. The van der Waals surface area contributed by atoms with Crippen LogP contribution in [0.2, 0.25) is 5.02 Å². The summed E-state index contributed by atoms with van der Waals surface area (Å²) in [6, 6.07) is 15.0. The summed E-state index contributed by atoms with van der Waals surface area (Å²) in [7, 11) is 0. The molecule has 0 spiro atoms.